The molecule has 0 saturated heterocycles. The van der Waals surface area contributed by atoms with E-state index in [-0.39, 0.29) is 18.0 Å². The van der Waals surface area contributed by atoms with Gasteiger partial charge >= 0.3 is 0 Å². The van der Waals surface area contributed by atoms with E-state index in [2.05, 4.69) is 15.3 Å². The highest BCUT2D eigenvalue weighted by Gasteiger charge is 2.13. The topological polar surface area (TPSA) is 91.0 Å². The van der Waals surface area contributed by atoms with Gasteiger partial charge in [0, 0.05) is 13.2 Å². The van der Waals surface area contributed by atoms with E-state index in [9.17, 15) is 9.59 Å². The number of amides is 1. The Labute approximate surface area is 151 Å². The van der Waals surface area contributed by atoms with Crippen LogP contribution in [0.15, 0.2) is 41.6 Å². The molecular formula is C17H15N5O3S. The summed E-state index contributed by atoms with van der Waals surface area (Å²) in [7, 11) is 3.26. The molecule has 26 heavy (non-hydrogen) atoms. The predicted octanol–water partition coefficient (Wildman–Crippen LogP) is 1.99. The molecule has 0 spiro atoms. The van der Waals surface area contributed by atoms with Crippen molar-refractivity contribution in [2.24, 2.45) is 7.05 Å². The molecule has 1 aromatic carbocycles. The van der Waals surface area contributed by atoms with E-state index in [0.29, 0.717) is 16.2 Å². The van der Waals surface area contributed by atoms with Crippen molar-refractivity contribution < 1.29 is 9.53 Å². The van der Waals surface area contributed by atoms with Crippen molar-refractivity contribution in [2.75, 3.05) is 12.4 Å². The number of carbonyl (C=O) groups is 1. The van der Waals surface area contributed by atoms with Crippen LogP contribution in [-0.4, -0.2) is 32.1 Å². The number of carbonyl (C=O) groups excluding carboxylic acids is 1. The van der Waals surface area contributed by atoms with Crippen molar-refractivity contribution in [1.82, 2.24) is 19.1 Å². The summed E-state index contributed by atoms with van der Waals surface area (Å²) in [5.74, 6) is 0.459. The maximum atomic E-state index is 12.4. The summed E-state index contributed by atoms with van der Waals surface area (Å²) in [6.07, 6.45) is 3.15. The molecule has 3 aromatic heterocycles. The fourth-order valence-corrected chi connectivity index (χ4v) is 3.60. The molecule has 0 saturated carbocycles. The number of hydrogen-bond donors (Lipinski definition) is 1. The molecule has 0 unspecified atom stereocenters. The highest BCUT2D eigenvalue weighted by Crippen LogP contribution is 2.29. The predicted molar refractivity (Wildman–Crippen MR) is 99.8 cm³/mol. The van der Waals surface area contributed by atoms with E-state index in [1.54, 1.807) is 31.0 Å². The summed E-state index contributed by atoms with van der Waals surface area (Å²) in [6.45, 7) is -0.0188. The number of nitrogens with zero attached hydrogens (tertiary/aromatic N) is 4. The first-order chi connectivity index (χ1) is 12.5. The van der Waals surface area contributed by atoms with E-state index in [0.717, 1.165) is 16.0 Å². The zero-order valence-corrected chi connectivity index (χ0v) is 14.9. The van der Waals surface area contributed by atoms with Gasteiger partial charge in [-0.25, -0.2) is 9.97 Å². The van der Waals surface area contributed by atoms with Crippen LogP contribution in [0.25, 0.3) is 21.3 Å². The smallest absolute Gasteiger partial charge is 0.276 e. The number of fused-ring (bicyclic) bond motifs is 2. The van der Waals surface area contributed by atoms with Crippen LogP contribution in [0.2, 0.25) is 0 Å². The zero-order chi connectivity index (χ0) is 18.3. The summed E-state index contributed by atoms with van der Waals surface area (Å²) in [5, 5.41) is 3.27. The van der Waals surface area contributed by atoms with Crippen molar-refractivity contribution >= 4 is 43.6 Å². The third kappa shape index (κ3) is 2.82. The molecular weight excluding hydrogens is 354 g/mol. The Balaban J connectivity index is 1.58. The monoisotopic (exact) mass is 369 g/mol. The maximum Gasteiger partial charge on any atom is 0.276 e. The highest BCUT2D eigenvalue weighted by atomic mass is 32.1. The second-order valence-electron chi connectivity index (χ2n) is 5.74. The van der Waals surface area contributed by atoms with Gasteiger partial charge in [-0.05, 0) is 24.3 Å². The van der Waals surface area contributed by atoms with Crippen LogP contribution in [0.3, 0.4) is 0 Å². The van der Waals surface area contributed by atoms with Crippen molar-refractivity contribution in [3.05, 3.63) is 47.1 Å². The Bertz CT molecular complexity index is 1190. The molecule has 0 aliphatic rings. The zero-order valence-electron chi connectivity index (χ0n) is 14.1. The third-order valence-corrected chi connectivity index (χ3v) is 4.93. The van der Waals surface area contributed by atoms with Crippen LogP contribution in [0.5, 0.6) is 5.75 Å². The second-order valence-corrected chi connectivity index (χ2v) is 6.77. The highest BCUT2D eigenvalue weighted by molar-refractivity contribution is 7.22. The molecule has 0 bridgehead atoms. The van der Waals surface area contributed by atoms with Crippen LogP contribution in [0.4, 0.5) is 5.13 Å². The fourth-order valence-electron chi connectivity index (χ4n) is 2.69. The third-order valence-electron chi connectivity index (χ3n) is 4.00. The first-order valence-corrected chi connectivity index (χ1v) is 8.62. The van der Waals surface area contributed by atoms with Crippen molar-refractivity contribution in [3.63, 3.8) is 0 Å². The minimum Gasteiger partial charge on any atom is -0.497 e. The molecule has 132 valence electrons. The summed E-state index contributed by atoms with van der Waals surface area (Å²) < 4.78 is 9.12. The van der Waals surface area contributed by atoms with Crippen LogP contribution in [0, 0.1) is 0 Å². The molecule has 8 nitrogen and oxygen atoms in total. The van der Waals surface area contributed by atoms with E-state index in [1.807, 2.05) is 18.2 Å². The normalized spacial score (nSPS) is 11.2. The van der Waals surface area contributed by atoms with E-state index in [1.165, 1.54) is 22.2 Å². The van der Waals surface area contributed by atoms with Crippen molar-refractivity contribution in [1.29, 1.82) is 0 Å². The fraction of sp³-hybridized carbons (Fsp3) is 0.176. The van der Waals surface area contributed by atoms with Crippen LogP contribution < -0.4 is 15.6 Å². The number of rotatable bonds is 4. The van der Waals surface area contributed by atoms with Gasteiger partial charge < -0.3 is 19.2 Å². The van der Waals surface area contributed by atoms with E-state index in [4.69, 9.17) is 4.74 Å². The standard InChI is InChI=1S/C17H15N5O3S/c1-21-6-5-12-15(16(21)24)22(9-18-12)8-14(23)20-17-19-11-4-3-10(25-2)7-13(11)26-17/h3-7,9H,8H2,1-2H3,(H,19,20,23). The number of aryl methyl sites for hydroxylation is 1. The number of ether oxygens (including phenoxy) is 1. The Morgan fingerprint density at radius 3 is 2.96 bits per heavy atom. The molecule has 1 N–H and O–H groups in total. The lowest BCUT2D eigenvalue weighted by Crippen LogP contribution is -2.22. The molecule has 0 aliphatic carbocycles. The molecule has 9 heteroatoms. The largest absolute Gasteiger partial charge is 0.497 e. The van der Waals surface area contributed by atoms with Gasteiger partial charge in [0.25, 0.3) is 5.56 Å². The number of imidazole rings is 1. The minimum absolute atomic E-state index is 0.0188. The van der Waals surface area contributed by atoms with Gasteiger partial charge in [-0.15, -0.1) is 0 Å². The van der Waals surface area contributed by atoms with Gasteiger partial charge in [0.15, 0.2) is 5.13 Å². The van der Waals surface area contributed by atoms with E-state index < -0.39 is 0 Å². The number of methoxy groups -OCH3 is 1. The average Bonchev–Trinajstić information content (AvgIpc) is 3.21. The van der Waals surface area contributed by atoms with Gasteiger partial charge in [-0.3, -0.25) is 9.59 Å². The molecule has 1 amide bonds. The number of thiazole rings is 1. The van der Waals surface area contributed by atoms with Crippen molar-refractivity contribution in [3.8, 4) is 5.75 Å². The van der Waals surface area contributed by atoms with Crippen LogP contribution in [-0.2, 0) is 18.4 Å². The lowest BCUT2D eigenvalue weighted by molar-refractivity contribution is -0.116. The van der Waals surface area contributed by atoms with Gasteiger partial charge in [0.1, 0.15) is 17.8 Å². The van der Waals surface area contributed by atoms with E-state index >= 15 is 0 Å². The minimum atomic E-state index is -0.277. The number of benzene rings is 1. The van der Waals surface area contributed by atoms with Gasteiger partial charge in [0.2, 0.25) is 5.91 Å². The van der Waals surface area contributed by atoms with Gasteiger partial charge in [0.05, 0.1) is 29.2 Å². The Kier molecular flexibility index (Phi) is 3.92. The summed E-state index contributed by atoms with van der Waals surface area (Å²) in [6, 6.07) is 7.27. The molecule has 0 radical (unpaired) electrons. The van der Waals surface area contributed by atoms with Crippen LogP contribution >= 0.6 is 11.3 Å². The number of pyridine rings is 1. The van der Waals surface area contributed by atoms with Crippen LogP contribution in [0.1, 0.15) is 0 Å². The molecule has 0 aliphatic heterocycles. The molecule has 4 rings (SSSR count). The Morgan fingerprint density at radius 1 is 1.31 bits per heavy atom. The molecule has 4 aromatic rings. The first kappa shape index (κ1) is 16.3. The number of aromatic nitrogens is 4. The average molecular weight is 369 g/mol. The summed E-state index contributed by atoms with van der Waals surface area (Å²) in [4.78, 5) is 33.2. The quantitative estimate of drug-likeness (QED) is 0.594. The summed E-state index contributed by atoms with van der Waals surface area (Å²) >= 11 is 1.36. The number of anilines is 1. The van der Waals surface area contributed by atoms with Gasteiger partial charge in [-0.2, -0.15) is 0 Å². The lowest BCUT2D eigenvalue weighted by atomic mass is 10.3. The Hall–Kier alpha value is -3.20. The lowest BCUT2D eigenvalue weighted by Gasteiger charge is -2.04. The maximum absolute atomic E-state index is 12.4. The first-order valence-electron chi connectivity index (χ1n) is 7.80. The molecule has 0 atom stereocenters. The van der Waals surface area contributed by atoms with Crippen molar-refractivity contribution in [2.45, 2.75) is 6.54 Å². The summed E-state index contributed by atoms with van der Waals surface area (Å²) in [5.41, 5.74) is 1.56. The Morgan fingerprint density at radius 2 is 2.15 bits per heavy atom. The SMILES string of the molecule is COc1ccc2nc(NC(=O)Cn3cnc4ccn(C)c(=O)c43)sc2c1. The second kappa shape index (κ2) is 6.26. The number of hydrogen-bond acceptors (Lipinski definition) is 6. The van der Waals surface area contributed by atoms with Gasteiger partial charge in [-0.1, -0.05) is 11.3 Å². The molecule has 3 heterocycles. The number of nitrogens with one attached hydrogen (secondary N) is 1. The molecule has 0 fully saturated rings.